The minimum atomic E-state index is -0.708. The molecule has 0 bridgehead atoms. The third-order valence-corrected chi connectivity index (χ3v) is 6.19. The average molecular weight is 449 g/mol. The number of carbonyl (C=O) groups is 1. The zero-order valence-corrected chi connectivity index (χ0v) is 19.0. The van der Waals surface area contributed by atoms with E-state index < -0.39 is 6.09 Å². The Labute approximate surface area is 194 Å². The Balaban J connectivity index is 1.39. The van der Waals surface area contributed by atoms with Gasteiger partial charge in [-0.05, 0) is 75.0 Å². The van der Waals surface area contributed by atoms with E-state index in [4.69, 9.17) is 20.2 Å². The maximum absolute atomic E-state index is 10.6. The molecule has 1 saturated carbocycles. The van der Waals surface area contributed by atoms with E-state index in [1.807, 2.05) is 30.3 Å². The van der Waals surface area contributed by atoms with E-state index in [9.17, 15) is 4.79 Å². The molecule has 0 saturated heterocycles. The summed E-state index contributed by atoms with van der Waals surface area (Å²) in [7, 11) is 1.67. The number of nitrogens with one attached hydrogen (secondary N) is 2. The Morgan fingerprint density at radius 2 is 1.79 bits per heavy atom. The summed E-state index contributed by atoms with van der Waals surface area (Å²) in [6.07, 6.45) is 4.50. The fourth-order valence-electron chi connectivity index (χ4n) is 4.42. The van der Waals surface area contributed by atoms with Crippen LogP contribution in [0.15, 0.2) is 54.6 Å². The van der Waals surface area contributed by atoms with Gasteiger partial charge in [0.05, 0.1) is 24.9 Å². The van der Waals surface area contributed by atoms with Crippen molar-refractivity contribution in [1.82, 2.24) is 10.3 Å². The first-order chi connectivity index (χ1) is 16.1. The van der Waals surface area contributed by atoms with E-state index in [1.165, 1.54) is 0 Å². The molecule has 0 aliphatic heterocycles. The number of rotatable bonds is 9. The first-order valence-corrected chi connectivity index (χ1v) is 11.6. The molecule has 4 N–H and O–H groups in total. The van der Waals surface area contributed by atoms with Crippen LogP contribution in [0.5, 0.6) is 5.75 Å². The van der Waals surface area contributed by atoms with Gasteiger partial charge >= 0.3 is 6.09 Å². The molecule has 1 aromatic heterocycles. The van der Waals surface area contributed by atoms with Gasteiger partial charge in [-0.15, -0.1) is 0 Å². The number of benzene rings is 2. The van der Waals surface area contributed by atoms with Crippen LogP contribution in [0.3, 0.4) is 0 Å². The van der Waals surface area contributed by atoms with Crippen LogP contribution in [0, 0.1) is 0 Å². The predicted molar refractivity (Wildman–Crippen MR) is 132 cm³/mol. The minimum Gasteiger partial charge on any atom is -0.497 e. The van der Waals surface area contributed by atoms with Crippen molar-refractivity contribution in [1.29, 1.82) is 0 Å². The number of hydrogen-bond acceptors (Lipinski definition) is 6. The number of methoxy groups -OCH3 is 1. The number of aromatic nitrogens is 1. The van der Waals surface area contributed by atoms with Gasteiger partial charge in [0.1, 0.15) is 5.75 Å². The van der Waals surface area contributed by atoms with Gasteiger partial charge in [0.15, 0.2) is 0 Å². The minimum absolute atomic E-state index is 0.366. The maximum atomic E-state index is 10.6. The monoisotopic (exact) mass is 448 g/mol. The van der Waals surface area contributed by atoms with E-state index in [2.05, 4.69) is 34.9 Å². The zero-order chi connectivity index (χ0) is 23.0. The number of anilines is 1. The number of ether oxygens (including phenoxy) is 2. The molecule has 1 amide bonds. The average Bonchev–Trinajstić information content (AvgIpc) is 2.84. The lowest BCUT2D eigenvalue weighted by molar-refractivity contribution is 0.154. The number of hydrogen-bond donors (Lipinski definition) is 3. The van der Waals surface area contributed by atoms with Crippen LogP contribution in [0.1, 0.15) is 32.1 Å². The van der Waals surface area contributed by atoms with Crippen molar-refractivity contribution in [2.24, 2.45) is 5.73 Å². The lowest BCUT2D eigenvalue weighted by Crippen LogP contribution is -2.37. The van der Waals surface area contributed by atoms with Crippen molar-refractivity contribution in [3.63, 3.8) is 0 Å². The topological polar surface area (TPSA) is 98.5 Å². The zero-order valence-electron chi connectivity index (χ0n) is 19.0. The molecule has 1 heterocycles. The van der Waals surface area contributed by atoms with Crippen molar-refractivity contribution in [2.75, 3.05) is 25.6 Å². The number of nitrogens with two attached hydrogens (primary N) is 1. The molecule has 7 nitrogen and oxygen atoms in total. The molecular formula is C26H32N4O3. The van der Waals surface area contributed by atoms with Crippen molar-refractivity contribution in [2.45, 2.75) is 44.2 Å². The van der Waals surface area contributed by atoms with Crippen LogP contribution >= 0.6 is 0 Å². The molecule has 174 valence electrons. The van der Waals surface area contributed by atoms with Gasteiger partial charge in [-0.25, -0.2) is 9.78 Å². The molecule has 1 aliphatic rings. The van der Waals surface area contributed by atoms with Gasteiger partial charge in [0, 0.05) is 28.7 Å². The van der Waals surface area contributed by atoms with Crippen molar-refractivity contribution in [3.05, 3.63) is 54.6 Å². The lowest BCUT2D eigenvalue weighted by atomic mass is 9.90. The van der Waals surface area contributed by atoms with Crippen LogP contribution in [-0.2, 0) is 4.74 Å². The summed E-state index contributed by atoms with van der Waals surface area (Å²) >= 11 is 0. The first-order valence-electron chi connectivity index (χ1n) is 11.6. The second-order valence-corrected chi connectivity index (χ2v) is 8.47. The highest BCUT2D eigenvalue weighted by molar-refractivity contribution is 5.93. The number of fused-ring (bicyclic) bond motifs is 1. The molecular weight excluding hydrogens is 416 g/mol. The summed E-state index contributed by atoms with van der Waals surface area (Å²) in [6, 6.07) is 19.4. The maximum Gasteiger partial charge on any atom is 0.404 e. The SMILES string of the molecule is COc1ccc(-c2cc(NC3CCC(NCCCOC(N)=O)CC3)c3ccccc3n2)cc1. The molecule has 0 radical (unpaired) electrons. The number of nitrogens with zero attached hydrogens (tertiary/aromatic N) is 1. The summed E-state index contributed by atoms with van der Waals surface area (Å²) < 4.78 is 10.1. The van der Waals surface area contributed by atoms with E-state index in [-0.39, 0.29) is 0 Å². The van der Waals surface area contributed by atoms with Gasteiger partial charge in [0.25, 0.3) is 0 Å². The molecule has 0 unspecified atom stereocenters. The van der Waals surface area contributed by atoms with Crippen LogP contribution in [-0.4, -0.2) is 43.4 Å². The number of primary amides is 1. The summed E-state index contributed by atoms with van der Waals surface area (Å²) in [5, 5.41) is 8.51. The highest BCUT2D eigenvalue weighted by Gasteiger charge is 2.21. The van der Waals surface area contributed by atoms with Crippen molar-refractivity contribution < 1.29 is 14.3 Å². The van der Waals surface area contributed by atoms with Gasteiger partial charge in [0.2, 0.25) is 0 Å². The smallest absolute Gasteiger partial charge is 0.404 e. The quantitative estimate of drug-likeness (QED) is 0.410. The predicted octanol–water partition coefficient (Wildman–Crippen LogP) is 4.71. The van der Waals surface area contributed by atoms with E-state index in [0.29, 0.717) is 18.7 Å². The second kappa shape index (κ2) is 11.0. The Morgan fingerprint density at radius 3 is 2.52 bits per heavy atom. The third-order valence-electron chi connectivity index (χ3n) is 6.19. The molecule has 0 spiro atoms. The van der Waals surface area contributed by atoms with Crippen LogP contribution in [0.25, 0.3) is 22.2 Å². The standard InChI is InChI=1S/C26H32N4O3/c1-32-21-13-7-18(8-14-21)24-17-25(22-5-2-3-6-23(22)30-24)29-20-11-9-19(10-12-20)28-15-4-16-33-26(27)31/h2-3,5-8,13-14,17,19-20,28H,4,9-12,15-16H2,1H3,(H2,27,31)(H,29,30). The lowest BCUT2D eigenvalue weighted by Gasteiger charge is -2.31. The molecule has 3 aromatic rings. The molecule has 0 atom stereocenters. The first kappa shape index (κ1) is 22.9. The summed E-state index contributed by atoms with van der Waals surface area (Å²) in [5.41, 5.74) is 9.12. The Hall–Kier alpha value is -3.32. The molecule has 4 rings (SSSR count). The molecule has 1 aliphatic carbocycles. The largest absolute Gasteiger partial charge is 0.497 e. The number of amides is 1. The Morgan fingerprint density at radius 1 is 1.06 bits per heavy atom. The third kappa shape index (κ3) is 6.14. The van der Waals surface area contributed by atoms with E-state index in [0.717, 1.165) is 72.2 Å². The number of pyridine rings is 1. The van der Waals surface area contributed by atoms with Gasteiger partial charge in [-0.2, -0.15) is 0 Å². The Bertz CT molecular complexity index is 1060. The molecule has 33 heavy (non-hydrogen) atoms. The van der Waals surface area contributed by atoms with Crippen molar-refractivity contribution in [3.8, 4) is 17.0 Å². The van der Waals surface area contributed by atoms with Gasteiger partial charge in [-0.3, -0.25) is 0 Å². The van der Waals surface area contributed by atoms with Crippen molar-refractivity contribution >= 4 is 22.7 Å². The van der Waals surface area contributed by atoms with Crippen LogP contribution in [0.2, 0.25) is 0 Å². The van der Waals surface area contributed by atoms with Gasteiger partial charge < -0.3 is 25.8 Å². The summed E-state index contributed by atoms with van der Waals surface area (Å²) in [5.74, 6) is 0.837. The molecule has 1 fully saturated rings. The second-order valence-electron chi connectivity index (χ2n) is 8.47. The number of carbonyl (C=O) groups excluding carboxylic acids is 1. The Kier molecular flexibility index (Phi) is 7.62. The summed E-state index contributed by atoms with van der Waals surface area (Å²) in [6.45, 7) is 1.20. The molecule has 7 heteroatoms. The fraction of sp³-hybridized carbons (Fsp3) is 0.385. The van der Waals surface area contributed by atoms with E-state index >= 15 is 0 Å². The van der Waals surface area contributed by atoms with E-state index in [1.54, 1.807) is 7.11 Å². The number of para-hydroxylation sites is 1. The van der Waals surface area contributed by atoms with Gasteiger partial charge in [-0.1, -0.05) is 18.2 Å². The highest BCUT2D eigenvalue weighted by Crippen LogP contribution is 2.31. The summed E-state index contributed by atoms with van der Waals surface area (Å²) in [4.78, 5) is 15.5. The van der Waals surface area contributed by atoms with Crippen LogP contribution < -0.4 is 21.1 Å². The fourth-order valence-corrected chi connectivity index (χ4v) is 4.42. The molecule has 2 aromatic carbocycles. The normalized spacial score (nSPS) is 18.1. The highest BCUT2D eigenvalue weighted by atomic mass is 16.5. The van der Waals surface area contributed by atoms with Crippen LogP contribution in [0.4, 0.5) is 10.5 Å².